The number of rotatable bonds is 18. The van der Waals surface area contributed by atoms with E-state index in [4.69, 9.17) is 29.4 Å². The average Bonchev–Trinajstić information content (AvgIpc) is 2.94. The molecule has 11 heteroatoms. The Hall–Kier alpha value is -3.34. The van der Waals surface area contributed by atoms with Gasteiger partial charge in [-0.2, -0.15) is 0 Å². The van der Waals surface area contributed by atoms with Crippen LogP contribution in [-0.4, -0.2) is 54.7 Å². The molecular weight excluding hydrogens is 534 g/mol. The molecule has 0 aliphatic carbocycles. The van der Waals surface area contributed by atoms with Gasteiger partial charge in [-0.25, -0.2) is 9.59 Å². The number of carbonyl (C=O) groups is 4. The van der Waals surface area contributed by atoms with E-state index in [1.165, 1.54) is 18.2 Å². The summed E-state index contributed by atoms with van der Waals surface area (Å²) in [6, 6.07) is 2.87. The summed E-state index contributed by atoms with van der Waals surface area (Å²) in [5.74, 6) is -3.71. The highest BCUT2D eigenvalue weighted by Crippen LogP contribution is 2.37. The van der Waals surface area contributed by atoms with Crippen molar-refractivity contribution in [1.29, 1.82) is 0 Å². The molecule has 4 unspecified atom stereocenters. The lowest BCUT2D eigenvalue weighted by Crippen LogP contribution is -2.43. The molecule has 232 valence electrons. The van der Waals surface area contributed by atoms with E-state index < -0.39 is 48.2 Å². The van der Waals surface area contributed by atoms with Gasteiger partial charge in [0.2, 0.25) is 0 Å². The fourth-order valence-corrected chi connectivity index (χ4v) is 4.01. The first kappa shape index (κ1) is 35.7. The lowest BCUT2D eigenvalue weighted by molar-refractivity contribution is -0.155. The van der Waals surface area contributed by atoms with Crippen molar-refractivity contribution in [3.05, 3.63) is 23.8 Å². The van der Waals surface area contributed by atoms with Crippen molar-refractivity contribution in [3.8, 4) is 11.5 Å². The molecule has 1 aromatic carbocycles. The Morgan fingerprint density at radius 3 is 1.85 bits per heavy atom. The molecule has 0 aromatic heterocycles. The third kappa shape index (κ3) is 12.4. The van der Waals surface area contributed by atoms with Gasteiger partial charge in [-0.15, -0.1) is 0 Å². The van der Waals surface area contributed by atoms with E-state index >= 15 is 0 Å². The maximum Gasteiger partial charge on any atom is 0.513 e. The van der Waals surface area contributed by atoms with Crippen LogP contribution in [0.4, 0.5) is 9.59 Å². The molecule has 0 heterocycles. The zero-order valence-corrected chi connectivity index (χ0v) is 25.2. The van der Waals surface area contributed by atoms with E-state index in [0.29, 0.717) is 24.8 Å². The van der Waals surface area contributed by atoms with Gasteiger partial charge in [-0.05, 0) is 43.9 Å². The lowest BCUT2D eigenvalue weighted by Gasteiger charge is -2.32. The quantitative estimate of drug-likeness (QED) is 0.0878. The molecule has 0 fully saturated rings. The van der Waals surface area contributed by atoms with E-state index in [-0.39, 0.29) is 30.6 Å². The van der Waals surface area contributed by atoms with Gasteiger partial charge in [-0.1, -0.05) is 66.4 Å². The minimum atomic E-state index is -1.39. The van der Waals surface area contributed by atoms with Crippen LogP contribution in [0.15, 0.2) is 18.2 Å². The van der Waals surface area contributed by atoms with Gasteiger partial charge in [0.15, 0.2) is 11.5 Å². The van der Waals surface area contributed by atoms with Gasteiger partial charge in [0.05, 0.1) is 19.1 Å². The second kappa shape index (κ2) is 18.9. The summed E-state index contributed by atoms with van der Waals surface area (Å²) in [7, 11) is 0. The number of nitrogens with two attached hydrogens (primary N) is 1. The van der Waals surface area contributed by atoms with Crippen LogP contribution in [0.3, 0.4) is 0 Å². The Labute approximate surface area is 243 Å². The van der Waals surface area contributed by atoms with Crippen LogP contribution >= 0.6 is 0 Å². The zero-order valence-electron chi connectivity index (χ0n) is 25.2. The van der Waals surface area contributed by atoms with Crippen molar-refractivity contribution in [2.75, 3.05) is 13.2 Å². The zero-order chi connectivity index (χ0) is 30.9. The molecule has 3 N–H and O–H groups in total. The van der Waals surface area contributed by atoms with Gasteiger partial charge in [0, 0.05) is 11.8 Å². The first-order valence-electron chi connectivity index (χ1n) is 14.5. The van der Waals surface area contributed by atoms with Crippen molar-refractivity contribution in [1.82, 2.24) is 0 Å². The average molecular weight is 582 g/mol. The molecule has 0 saturated heterocycles. The molecule has 0 radical (unpaired) electrons. The van der Waals surface area contributed by atoms with E-state index in [0.717, 1.165) is 25.7 Å². The molecule has 0 aliphatic heterocycles. The van der Waals surface area contributed by atoms with Crippen LogP contribution in [0.2, 0.25) is 0 Å². The summed E-state index contributed by atoms with van der Waals surface area (Å²) < 4.78 is 26.5. The number of aliphatic carboxylic acids is 1. The van der Waals surface area contributed by atoms with E-state index in [1.807, 2.05) is 20.8 Å². The normalized spacial score (nSPS) is 14.6. The number of carboxylic acid groups (broad SMARTS) is 1. The molecule has 1 rings (SSSR count). The van der Waals surface area contributed by atoms with Crippen LogP contribution in [0, 0.1) is 11.8 Å². The van der Waals surface area contributed by atoms with Crippen molar-refractivity contribution in [2.24, 2.45) is 17.6 Å². The summed E-state index contributed by atoms with van der Waals surface area (Å²) in [6.07, 6.45) is 2.88. The Kier molecular flexibility index (Phi) is 16.5. The largest absolute Gasteiger partial charge is 0.513 e. The van der Waals surface area contributed by atoms with E-state index in [2.05, 4.69) is 0 Å². The number of benzene rings is 1. The van der Waals surface area contributed by atoms with Gasteiger partial charge in [-0.3, -0.25) is 9.59 Å². The Balaban J connectivity index is 3.34. The van der Waals surface area contributed by atoms with Crippen molar-refractivity contribution < 1.29 is 48.0 Å². The number of carboxylic acids is 1. The highest BCUT2D eigenvalue weighted by molar-refractivity contribution is 5.75. The maximum absolute atomic E-state index is 12.4. The van der Waals surface area contributed by atoms with Gasteiger partial charge >= 0.3 is 24.2 Å². The third-order valence-electron chi connectivity index (χ3n) is 6.97. The molecule has 5 atom stereocenters. The molecule has 0 aliphatic rings. The van der Waals surface area contributed by atoms with Crippen LogP contribution in [-0.2, 0) is 23.8 Å². The van der Waals surface area contributed by atoms with Crippen molar-refractivity contribution in [2.45, 2.75) is 105 Å². The summed E-state index contributed by atoms with van der Waals surface area (Å²) >= 11 is 0. The first-order chi connectivity index (χ1) is 19.5. The number of carbonyl (C=O) groups excluding carboxylic acids is 3. The lowest BCUT2D eigenvalue weighted by atomic mass is 9.79. The molecule has 11 nitrogen and oxygen atoms in total. The van der Waals surface area contributed by atoms with E-state index in [1.54, 1.807) is 20.8 Å². The topological polar surface area (TPSA) is 161 Å². The number of hydrogen-bond acceptors (Lipinski definition) is 10. The van der Waals surface area contributed by atoms with Crippen LogP contribution in [0.1, 0.15) is 98.0 Å². The maximum atomic E-state index is 12.4. The second-order valence-electron chi connectivity index (χ2n) is 10.2. The molecule has 0 amide bonds. The Morgan fingerprint density at radius 2 is 1.37 bits per heavy atom. The van der Waals surface area contributed by atoms with E-state index in [9.17, 15) is 24.3 Å². The summed E-state index contributed by atoms with van der Waals surface area (Å²) in [4.78, 5) is 49.1. The van der Waals surface area contributed by atoms with Gasteiger partial charge in [0.25, 0.3) is 0 Å². The smallest absolute Gasteiger partial charge is 0.480 e. The molecule has 1 aromatic rings. The first-order valence-corrected chi connectivity index (χ1v) is 14.5. The number of hydrogen-bond donors (Lipinski definition) is 2. The van der Waals surface area contributed by atoms with Gasteiger partial charge in [0.1, 0.15) is 12.1 Å². The Bertz CT molecular complexity index is 982. The third-order valence-corrected chi connectivity index (χ3v) is 6.97. The summed E-state index contributed by atoms with van der Waals surface area (Å²) in [6.45, 7) is 11.4. The number of unbranched alkanes of at least 4 members (excludes halogenated alkanes) is 4. The van der Waals surface area contributed by atoms with Crippen molar-refractivity contribution in [3.63, 3.8) is 0 Å². The van der Waals surface area contributed by atoms with Crippen LogP contribution in [0.25, 0.3) is 0 Å². The summed E-state index contributed by atoms with van der Waals surface area (Å²) in [5.41, 5.74) is 6.49. The number of ether oxygens (including phenoxy) is 5. The highest BCUT2D eigenvalue weighted by atomic mass is 16.7. The molecule has 0 spiro atoms. The molecule has 41 heavy (non-hydrogen) atoms. The predicted molar refractivity (Wildman–Crippen MR) is 152 cm³/mol. The van der Waals surface area contributed by atoms with Crippen molar-refractivity contribution >= 4 is 24.2 Å². The van der Waals surface area contributed by atoms with Crippen LogP contribution < -0.4 is 15.2 Å². The fourth-order valence-electron chi connectivity index (χ4n) is 4.01. The van der Waals surface area contributed by atoms with Gasteiger partial charge < -0.3 is 34.5 Å². The molecule has 0 saturated carbocycles. The standard InChI is InChI=1S/C30H47NO10/c1-7-10-12-16-37-29(35)40-23-15-14-22(18-24(23)41-30(36)38-17-13-11-8-2)25(26(31)27(32)33)20(5)21(6)39-28(34)19(4)9-3/h14-15,18-21,25-26H,7-13,16-17,31H2,1-6H3,(H,32,33)/t19?,20?,21?,25?,26-/m0/s1. The second-order valence-corrected chi connectivity index (χ2v) is 10.2. The Morgan fingerprint density at radius 1 is 0.829 bits per heavy atom. The minimum absolute atomic E-state index is 0.119. The fraction of sp³-hybridized carbons (Fsp3) is 0.667. The molecule has 0 bridgehead atoms. The SMILES string of the molecule is CCCCCOC(=O)Oc1ccc(C(C(C)C(C)OC(=O)C(C)CC)[C@H](N)C(=O)O)cc1OC(=O)OCCCCC. The number of esters is 1. The van der Waals surface area contributed by atoms with Crippen LogP contribution in [0.5, 0.6) is 11.5 Å². The highest BCUT2D eigenvalue weighted by Gasteiger charge is 2.36. The predicted octanol–water partition coefficient (Wildman–Crippen LogP) is 6.21. The monoisotopic (exact) mass is 581 g/mol. The summed E-state index contributed by atoms with van der Waals surface area (Å²) in [5, 5.41) is 9.78. The molecular formula is C30H47NO10. The minimum Gasteiger partial charge on any atom is -0.480 e.